The molecule has 1 atom stereocenters. The second-order valence-electron chi connectivity index (χ2n) is 5.57. The van der Waals surface area contributed by atoms with E-state index in [2.05, 4.69) is 6.07 Å². The molecular formula is C18H19NO3. The highest BCUT2D eigenvalue weighted by molar-refractivity contribution is 5.73. The molecule has 0 heterocycles. The van der Waals surface area contributed by atoms with E-state index in [0.29, 0.717) is 17.9 Å². The van der Waals surface area contributed by atoms with Crippen molar-refractivity contribution < 1.29 is 14.3 Å². The highest BCUT2D eigenvalue weighted by Gasteiger charge is 2.25. The highest BCUT2D eigenvalue weighted by Crippen LogP contribution is 2.31. The molecule has 2 aromatic rings. The first-order valence-corrected chi connectivity index (χ1v) is 7.39. The summed E-state index contributed by atoms with van der Waals surface area (Å²) in [4.78, 5) is 11.7. The van der Waals surface area contributed by atoms with E-state index in [-0.39, 0.29) is 11.9 Å². The highest BCUT2D eigenvalue weighted by atomic mass is 16.5. The fraction of sp³-hybridized carbons (Fsp3) is 0.278. The monoisotopic (exact) mass is 297 g/mol. The van der Waals surface area contributed by atoms with Crippen LogP contribution in [0.5, 0.6) is 11.5 Å². The summed E-state index contributed by atoms with van der Waals surface area (Å²) >= 11 is 0. The molecule has 0 saturated heterocycles. The van der Waals surface area contributed by atoms with Crippen LogP contribution in [-0.2, 0) is 22.4 Å². The van der Waals surface area contributed by atoms with E-state index >= 15 is 0 Å². The lowest BCUT2D eigenvalue weighted by molar-refractivity contribution is -0.145. The molecule has 0 amide bonds. The van der Waals surface area contributed by atoms with E-state index in [1.54, 1.807) is 6.07 Å². The van der Waals surface area contributed by atoms with Crippen LogP contribution < -0.4 is 10.5 Å². The molecule has 2 N–H and O–H groups in total. The number of hydrogen-bond acceptors (Lipinski definition) is 4. The van der Waals surface area contributed by atoms with E-state index < -0.39 is 0 Å². The predicted octanol–water partition coefficient (Wildman–Crippen LogP) is 3.34. The lowest BCUT2D eigenvalue weighted by Gasteiger charge is -2.23. The minimum absolute atomic E-state index is 0.0554. The van der Waals surface area contributed by atoms with Gasteiger partial charge < -0.3 is 15.2 Å². The van der Waals surface area contributed by atoms with Crippen LogP contribution in [0.2, 0.25) is 0 Å². The van der Waals surface area contributed by atoms with Gasteiger partial charge in [-0.05, 0) is 54.7 Å². The Morgan fingerprint density at radius 3 is 2.73 bits per heavy atom. The van der Waals surface area contributed by atoms with Crippen LogP contribution in [-0.4, -0.2) is 13.1 Å². The number of carbonyl (C=O) groups is 1. The molecule has 3 rings (SSSR count). The largest absolute Gasteiger partial charge is 0.469 e. The zero-order chi connectivity index (χ0) is 15.5. The number of benzene rings is 2. The zero-order valence-electron chi connectivity index (χ0n) is 12.5. The summed E-state index contributed by atoms with van der Waals surface area (Å²) in [5.74, 6) is 1.28. The Morgan fingerprint density at radius 2 is 1.95 bits per heavy atom. The number of nitrogens with two attached hydrogens (primary N) is 1. The van der Waals surface area contributed by atoms with Gasteiger partial charge in [-0.3, -0.25) is 4.79 Å². The Kier molecular flexibility index (Phi) is 4.00. The minimum Gasteiger partial charge on any atom is -0.469 e. The van der Waals surface area contributed by atoms with Gasteiger partial charge in [-0.25, -0.2) is 0 Å². The maximum Gasteiger partial charge on any atom is 0.309 e. The standard InChI is InChI=1S/C18H19NO3/c1-21-18(20)13-6-5-12-7-8-17(10-14(12)9-13)22-16-4-2-3-15(19)11-16/h2-4,7-8,10-11,13H,5-6,9,19H2,1H3. The molecule has 0 aliphatic heterocycles. The van der Waals surface area contributed by atoms with Gasteiger partial charge in [0.05, 0.1) is 13.0 Å². The molecule has 0 aromatic heterocycles. The molecule has 1 aliphatic rings. The Hall–Kier alpha value is -2.49. The summed E-state index contributed by atoms with van der Waals surface area (Å²) < 4.78 is 10.7. The fourth-order valence-corrected chi connectivity index (χ4v) is 2.88. The normalized spacial score (nSPS) is 16.7. The number of fused-ring (bicyclic) bond motifs is 1. The van der Waals surface area contributed by atoms with Crippen LogP contribution in [0, 0.1) is 5.92 Å². The third-order valence-corrected chi connectivity index (χ3v) is 4.03. The SMILES string of the molecule is COC(=O)C1CCc2ccc(Oc3cccc(N)c3)cc2C1. The van der Waals surface area contributed by atoms with Crippen molar-refractivity contribution in [3.05, 3.63) is 53.6 Å². The summed E-state index contributed by atoms with van der Waals surface area (Å²) in [5.41, 5.74) is 8.86. The third kappa shape index (κ3) is 3.06. The lowest BCUT2D eigenvalue weighted by atomic mass is 9.84. The van der Waals surface area contributed by atoms with Gasteiger partial charge in [-0.2, -0.15) is 0 Å². The van der Waals surface area contributed by atoms with Crippen molar-refractivity contribution >= 4 is 11.7 Å². The summed E-state index contributed by atoms with van der Waals surface area (Å²) in [6.45, 7) is 0. The van der Waals surface area contributed by atoms with Gasteiger partial charge in [0, 0.05) is 11.8 Å². The number of anilines is 1. The maximum atomic E-state index is 11.7. The predicted molar refractivity (Wildman–Crippen MR) is 84.9 cm³/mol. The van der Waals surface area contributed by atoms with Gasteiger partial charge in [0.2, 0.25) is 0 Å². The minimum atomic E-state index is -0.132. The van der Waals surface area contributed by atoms with Crippen LogP contribution >= 0.6 is 0 Å². The van der Waals surface area contributed by atoms with Crippen LogP contribution in [0.15, 0.2) is 42.5 Å². The van der Waals surface area contributed by atoms with Crippen molar-refractivity contribution in [3.8, 4) is 11.5 Å². The van der Waals surface area contributed by atoms with Crippen molar-refractivity contribution in [1.82, 2.24) is 0 Å². The van der Waals surface area contributed by atoms with Gasteiger partial charge in [0.15, 0.2) is 0 Å². The van der Waals surface area contributed by atoms with Crippen molar-refractivity contribution in [3.63, 3.8) is 0 Å². The van der Waals surface area contributed by atoms with Gasteiger partial charge in [-0.15, -0.1) is 0 Å². The molecule has 4 nitrogen and oxygen atoms in total. The number of nitrogen functional groups attached to an aromatic ring is 1. The van der Waals surface area contributed by atoms with Gasteiger partial charge in [0.25, 0.3) is 0 Å². The molecule has 1 unspecified atom stereocenters. The Bertz CT molecular complexity index is 696. The molecule has 0 saturated carbocycles. The smallest absolute Gasteiger partial charge is 0.309 e. The molecule has 0 fully saturated rings. The number of carbonyl (C=O) groups excluding carboxylic acids is 1. The second kappa shape index (κ2) is 6.10. The number of methoxy groups -OCH3 is 1. The lowest BCUT2D eigenvalue weighted by Crippen LogP contribution is -2.23. The van der Waals surface area contributed by atoms with Crippen LogP contribution in [0.1, 0.15) is 17.5 Å². The molecule has 0 spiro atoms. The number of aryl methyl sites for hydroxylation is 1. The zero-order valence-corrected chi connectivity index (χ0v) is 12.5. The first-order valence-electron chi connectivity index (χ1n) is 7.39. The molecule has 1 aliphatic carbocycles. The average Bonchev–Trinajstić information content (AvgIpc) is 2.53. The topological polar surface area (TPSA) is 61.5 Å². The number of esters is 1. The van der Waals surface area contributed by atoms with Crippen molar-refractivity contribution in [2.24, 2.45) is 5.92 Å². The fourth-order valence-electron chi connectivity index (χ4n) is 2.88. The van der Waals surface area contributed by atoms with E-state index in [4.69, 9.17) is 15.2 Å². The molecule has 0 bridgehead atoms. The molecular weight excluding hydrogens is 278 g/mol. The molecule has 4 heteroatoms. The number of ether oxygens (including phenoxy) is 2. The Labute approximate surface area is 129 Å². The van der Waals surface area contributed by atoms with Gasteiger partial charge >= 0.3 is 5.97 Å². The van der Waals surface area contributed by atoms with E-state index in [1.165, 1.54) is 12.7 Å². The van der Waals surface area contributed by atoms with Crippen molar-refractivity contribution in [2.75, 3.05) is 12.8 Å². The van der Waals surface area contributed by atoms with E-state index in [9.17, 15) is 4.79 Å². The Balaban J connectivity index is 1.80. The van der Waals surface area contributed by atoms with E-state index in [1.807, 2.05) is 30.3 Å². The first kappa shape index (κ1) is 14.4. The maximum absolute atomic E-state index is 11.7. The molecule has 114 valence electrons. The number of rotatable bonds is 3. The molecule has 22 heavy (non-hydrogen) atoms. The summed E-state index contributed by atoms with van der Waals surface area (Å²) in [5, 5.41) is 0. The van der Waals surface area contributed by atoms with Crippen LogP contribution in [0.3, 0.4) is 0 Å². The van der Waals surface area contributed by atoms with Gasteiger partial charge in [-0.1, -0.05) is 12.1 Å². The average molecular weight is 297 g/mol. The quantitative estimate of drug-likeness (QED) is 0.697. The molecule has 2 aromatic carbocycles. The summed E-state index contributed by atoms with van der Waals surface area (Å²) in [7, 11) is 1.44. The first-order chi connectivity index (χ1) is 10.7. The van der Waals surface area contributed by atoms with Crippen molar-refractivity contribution in [2.45, 2.75) is 19.3 Å². The Morgan fingerprint density at radius 1 is 1.14 bits per heavy atom. The third-order valence-electron chi connectivity index (χ3n) is 4.03. The number of hydrogen-bond donors (Lipinski definition) is 1. The van der Waals surface area contributed by atoms with Crippen LogP contribution in [0.4, 0.5) is 5.69 Å². The summed E-state index contributed by atoms with van der Waals surface area (Å²) in [6.07, 6.45) is 2.44. The van der Waals surface area contributed by atoms with Gasteiger partial charge in [0.1, 0.15) is 11.5 Å². The molecule has 0 radical (unpaired) electrons. The van der Waals surface area contributed by atoms with E-state index in [0.717, 1.165) is 24.2 Å². The van der Waals surface area contributed by atoms with Crippen molar-refractivity contribution in [1.29, 1.82) is 0 Å². The summed E-state index contributed by atoms with van der Waals surface area (Å²) in [6, 6.07) is 13.4. The van der Waals surface area contributed by atoms with Crippen LogP contribution in [0.25, 0.3) is 0 Å². The second-order valence-corrected chi connectivity index (χ2v) is 5.57.